The van der Waals surface area contributed by atoms with Crippen molar-refractivity contribution in [1.29, 1.82) is 0 Å². The van der Waals surface area contributed by atoms with Gasteiger partial charge in [-0.05, 0) is 23.6 Å². The number of aryl methyl sites for hydroxylation is 1. The molecule has 226 valence electrons. The molecule has 0 saturated carbocycles. The maximum absolute atomic E-state index is 12.8. The number of ether oxygens (including phenoxy) is 4. The minimum Gasteiger partial charge on any atom is -0.343 e. The van der Waals surface area contributed by atoms with Crippen LogP contribution < -0.4 is 16.8 Å². The SMILES string of the molecule is COC(OC)(OC(c1ccccc1)(c1ccccc1)c1ccccc1)[C@H]1O[C@@H](n2cc(C)c(=O)[nH]c2=O)C[C@@H]1OP(N)O. The van der Waals surface area contributed by atoms with Crippen molar-refractivity contribution in [3.8, 4) is 0 Å². The van der Waals surface area contributed by atoms with E-state index < -0.39 is 49.8 Å². The Morgan fingerprint density at radius 2 is 1.40 bits per heavy atom. The molecule has 0 aliphatic carbocycles. The topological polar surface area (TPSA) is 147 Å². The molecule has 0 radical (unpaired) electrons. The van der Waals surface area contributed by atoms with Crippen molar-refractivity contribution in [2.75, 3.05) is 14.2 Å². The molecule has 1 aromatic heterocycles. The van der Waals surface area contributed by atoms with Crippen LogP contribution in [-0.4, -0.2) is 46.8 Å². The van der Waals surface area contributed by atoms with E-state index in [4.69, 9.17) is 29.0 Å². The number of nitrogens with zero attached hydrogens (tertiary/aromatic N) is 1. The summed E-state index contributed by atoms with van der Waals surface area (Å²) < 4.78 is 32.7. The summed E-state index contributed by atoms with van der Waals surface area (Å²) in [6, 6.07) is 28.8. The zero-order chi connectivity index (χ0) is 30.6. The van der Waals surface area contributed by atoms with Crippen LogP contribution in [0.15, 0.2) is 107 Å². The van der Waals surface area contributed by atoms with E-state index in [0.29, 0.717) is 5.56 Å². The average Bonchev–Trinajstić information content (AvgIpc) is 3.44. The fourth-order valence-electron chi connectivity index (χ4n) is 5.53. The van der Waals surface area contributed by atoms with Gasteiger partial charge in [-0.2, -0.15) is 0 Å². The third-order valence-corrected chi connectivity index (χ3v) is 8.02. The van der Waals surface area contributed by atoms with Crippen LogP contribution in [0.4, 0.5) is 0 Å². The first kappa shape index (κ1) is 30.9. The van der Waals surface area contributed by atoms with Gasteiger partial charge in [-0.25, -0.2) is 4.79 Å². The highest BCUT2D eigenvalue weighted by molar-refractivity contribution is 7.43. The quantitative estimate of drug-likeness (QED) is 0.132. The number of hydrogen-bond acceptors (Lipinski definition) is 9. The molecule has 1 unspecified atom stereocenters. The Morgan fingerprint density at radius 1 is 0.907 bits per heavy atom. The molecule has 11 nitrogen and oxygen atoms in total. The van der Waals surface area contributed by atoms with Gasteiger partial charge in [0.2, 0.25) is 0 Å². The number of methoxy groups -OCH3 is 2. The Balaban J connectivity index is 1.69. The number of hydrogen-bond donors (Lipinski definition) is 3. The predicted molar refractivity (Wildman–Crippen MR) is 160 cm³/mol. The van der Waals surface area contributed by atoms with Gasteiger partial charge in [-0.15, -0.1) is 0 Å². The lowest BCUT2D eigenvalue weighted by Gasteiger charge is -2.45. The Labute approximate surface area is 249 Å². The second-order valence-electron chi connectivity index (χ2n) is 10.1. The van der Waals surface area contributed by atoms with E-state index in [-0.39, 0.29) is 6.42 Å². The van der Waals surface area contributed by atoms with Crippen LogP contribution in [0.2, 0.25) is 0 Å². The Hall–Kier alpha value is -3.51. The fraction of sp³-hybridized carbons (Fsp3) is 0.290. The van der Waals surface area contributed by atoms with Crippen molar-refractivity contribution in [1.82, 2.24) is 9.55 Å². The van der Waals surface area contributed by atoms with Gasteiger partial charge in [0.1, 0.15) is 17.9 Å². The Bertz CT molecular complexity index is 1510. The summed E-state index contributed by atoms with van der Waals surface area (Å²) >= 11 is 0. The monoisotopic (exact) mass is 607 g/mol. The number of rotatable bonds is 11. The molecule has 1 saturated heterocycles. The summed E-state index contributed by atoms with van der Waals surface area (Å²) in [5.41, 5.74) is 5.86. The maximum Gasteiger partial charge on any atom is 0.330 e. The van der Waals surface area contributed by atoms with Crippen LogP contribution in [0, 0.1) is 6.92 Å². The smallest absolute Gasteiger partial charge is 0.330 e. The largest absolute Gasteiger partial charge is 0.343 e. The molecule has 1 fully saturated rings. The van der Waals surface area contributed by atoms with Gasteiger partial charge in [0.05, 0.1) is 0 Å². The molecule has 3 aromatic carbocycles. The van der Waals surface area contributed by atoms with Gasteiger partial charge in [0, 0.05) is 32.4 Å². The lowest BCUT2D eigenvalue weighted by molar-refractivity contribution is -0.427. The summed E-state index contributed by atoms with van der Waals surface area (Å²) in [4.78, 5) is 37.3. The zero-order valence-electron chi connectivity index (χ0n) is 24.0. The van der Waals surface area contributed by atoms with Gasteiger partial charge in [-0.3, -0.25) is 19.8 Å². The van der Waals surface area contributed by atoms with Gasteiger partial charge < -0.3 is 28.4 Å². The lowest BCUT2D eigenvalue weighted by atomic mass is 9.80. The van der Waals surface area contributed by atoms with Crippen molar-refractivity contribution < 1.29 is 28.4 Å². The lowest BCUT2D eigenvalue weighted by Crippen LogP contribution is -2.57. The second-order valence-corrected chi connectivity index (χ2v) is 10.9. The van der Waals surface area contributed by atoms with Crippen molar-refractivity contribution in [2.24, 2.45) is 5.50 Å². The van der Waals surface area contributed by atoms with Gasteiger partial charge in [0.15, 0.2) is 6.10 Å². The van der Waals surface area contributed by atoms with E-state index in [2.05, 4.69) is 4.98 Å². The normalized spacial score (nSPS) is 19.8. The third kappa shape index (κ3) is 5.99. The van der Waals surface area contributed by atoms with Crippen molar-refractivity contribution in [3.05, 3.63) is 140 Å². The zero-order valence-corrected chi connectivity index (χ0v) is 24.8. The van der Waals surface area contributed by atoms with Crippen LogP contribution in [-0.2, 0) is 29.1 Å². The molecule has 2 heterocycles. The first-order valence-corrected chi connectivity index (χ1v) is 14.9. The van der Waals surface area contributed by atoms with E-state index in [1.54, 1.807) is 6.92 Å². The van der Waals surface area contributed by atoms with E-state index >= 15 is 0 Å². The van der Waals surface area contributed by atoms with Crippen LogP contribution in [0.5, 0.6) is 0 Å². The molecule has 4 aromatic rings. The fourth-order valence-corrected chi connectivity index (χ4v) is 6.00. The van der Waals surface area contributed by atoms with E-state index in [9.17, 15) is 14.5 Å². The minimum atomic E-state index is -2.36. The van der Waals surface area contributed by atoms with Gasteiger partial charge in [0.25, 0.3) is 14.1 Å². The first-order chi connectivity index (χ1) is 20.7. The minimum absolute atomic E-state index is 0.0551. The number of H-pyrrole nitrogens is 1. The number of aromatic nitrogens is 2. The van der Waals surface area contributed by atoms with E-state index in [1.807, 2.05) is 91.0 Å². The summed E-state index contributed by atoms with van der Waals surface area (Å²) in [6.45, 7) is 1.58. The number of aromatic amines is 1. The third-order valence-electron chi connectivity index (χ3n) is 7.53. The standard InChI is InChI=1S/C31H34N3O8P/c1-21-20-34(29(36)33-28(21)35)26-19-25(41-43(32)37)27(40-26)31(38-2,39-3)42-30(22-13-7-4-8-14-22,23-15-9-5-10-16-23)24-17-11-6-12-18-24/h4-18,20,25-27,37H,19,32H2,1-3H3,(H,33,35,36)/t25-,26+,27-,43?/m0/s1. The highest BCUT2D eigenvalue weighted by atomic mass is 31.2. The maximum atomic E-state index is 12.8. The molecule has 12 heteroatoms. The van der Waals surface area contributed by atoms with Crippen LogP contribution >= 0.6 is 8.53 Å². The highest BCUT2D eigenvalue weighted by Gasteiger charge is 2.58. The van der Waals surface area contributed by atoms with Crippen molar-refractivity contribution in [2.45, 2.75) is 43.4 Å². The molecule has 43 heavy (non-hydrogen) atoms. The second kappa shape index (κ2) is 13.0. The molecule has 1 aliphatic rings. The van der Waals surface area contributed by atoms with Crippen LogP contribution in [0.25, 0.3) is 0 Å². The van der Waals surface area contributed by atoms with Gasteiger partial charge >= 0.3 is 11.7 Å². The van der Waals surface area contributed by atoms with Crippen molar-refractivity contribution >= 4 is 8.53 Å². The van der Waals surface area contributed by atoms with Crippen LogP contribution in [0.3, 0.4) is 0 Å². The molecule has 0 bridgehead atoms. The van der Waals surface area contributed by atoms with Crippen LogP contribution in [0.1, 0.15) is 34.9 Å². The molecule has 5 rings (SSSR count). The molecule has 4 N–H and O–H groups in total. The molecule has 4 atom stereocenters. The first-order valence-electron chi connectivity index (χ1n) is 13.6. The molecular weight excluding hydrogens is 573 g/mol. The number of nitrogens with one attached hydrogen (secondary N) is 1. The van der Waals surface area contributed by atoms with E-state index in [1.165, 1.54) is 25.0 Å². The number of benzene rings is 3. The van der Waals surface area contributed by atoms with E-state index in [0.717, 1.165) is 16.7 Å². The predicted octanol–water partition coefficient (Wildman–Crippen LogP) is 3.65. The summed E-state index contributed by atoms with van der Waals surface area (Å²) in [7, 11) is 0.454. The molecule has 0 spiro atoms. The summed E-state index contributed by atoms with van der Waals surface area (Å²) in [5.74, 6) is -1.98. The highest BCUT2D eigenvalue weighted by Crippen LogP contribution is 2.48. The summed E-state index contributed by atoms with van der Waals surface area (Å²) in [5, 5.41) is 0. The average molecular weight is 608 g/mol. The Kier molecular flexibility index (Phi) is 9.36. The van der Waals surface area contributed by atoms with Gasteiger partial charge in [-0.1, -0.05) is 91.0 Å². The molecule has 0 amide bonds. The van der Waals surface area contributed by atoms with Crippen molar-refractivity contribution in [3.63, 3.8) is 0 Å². The summed E-state index contributed by atoms with van der Waals surface area (Å²) in [6.07, 6.45) is -1.62. The number of nitrogens with two attached hydrogens (primary N) is 1. The Morgan fingerprint density at radius 3 is 1.84 bits per heavy atom. The molecular formula is C31H34N3O8P. The molecule has 1 aliphatic heterocycles.